The van der Waals surface area contributed by atoms with Crippen LogP contribution in [0, 0.1) is 5.92 Å². The summed E-state index contributed by atoms with van der Waals surface area (Å²) in [5.74, 6) is 1.04. The fourth-order valence-corrected chi connectivity index (χ4v) is 1.60. The zero-order chi connectivity index (χ0) is 8.69. The molecule has 0 aliphatic carbocycles. The largest absolute Gasteiger partial charge is 0.306 e. The van der Waals surface area contributed by atoms with E-state index in [4.69, 9.17) is 4.55 Å². The van der Waals surface area contributed by atoms with E-state index in [9.17, 15) is 4.21 Å². The van der Waals surface area contributed by atoms with E-state index in [0.717, 1.165) is 6.42 Å². The first-order chi connectivity index (χ1) is 5.16. The van der Waals surface area contributed by atoms with Gasteiger partial charge in [-0.05, 0) is 12.3 Å². The van der Waals surface area contributed by atoms with Crippen LogP contribution in [-0.4, -0.2) is 14.5 Å². The van der Waals surface area contributed by atoms with Crippen molar-refractivity contribution >= 4 is 11.1 Å². The summed E-state index contributed by atoms with van der Waals surface area (Å²) in [6.45, 7) is 4.30. The van der Waals surface area contributed by atoms with Crippen LogP contribution in [0.5, 0.6) is 0 Å². The Balaban J connectivity index is 3.22. The van der Waals surface area contributed by atoms with Crippen LogP contribution < -0.4 is 0 Å². The molecule has 2 nitrogen and oxygen atoms in total. The van der Waals surface area contributed by atoms with E-state index < -0.39 is 11.1 Å². The van der Waals surface area contributed by atoms with Gasteiger partial charge in [0.2, 0.25) is 0 Å². The first kappa shape index (κ1) is 11.1. The van der Waals surface area contributed by atoms with Crippen LogP contribution >= 0.6 is 0 Å². The molecule has 0 bridgehead atoms. The molecule has 0 aromatic heterocycles. The second kappa shape index (κ2) is 6.80. The number of unbranched alkanes of at least 4 members (excludes halogenated alkanes) is 1. The molecule has 0 heterocycles. The zero-order valence-electron chi connectivity index (χ0n) is 7.38. The number of hydrogen-bond acceptors (Lipinski definition) is 1. The van der Waals surface area contributed by atoms with Crippen molar-refractivity contribution in [3.05, 3.63) is 0 Å². The summed E-state index contributed by atoms with van der Waals surface area (Å²) in [5.41, 5.74) is 0. The Kier molecular flexibility index (Phi) is 6.87. The molecule has 2 unspecified atom stereocenters. The molecule has 0 aliphatic heterocycles. The van der Waals surface area contributed by atoms with Gasteiger partial charge in [0.15, 0.2) is 11.1 Å². The second-order valence-electron chi connectivity index (χ2n) is 3.06. The van der Waals surface area contributed by atoms with Crippen molar-refractivity contribution < 1.29 is 8.76 Å². The monoisotopic (exact) mass is 178 g/mol. The standard InChI is InChI=1S/C8H18O2S/c1-3-4-5-8(2)6-7-11(9)10/h8H,3-7H2,1-2H3,(H,9,10). The summed E-state index contributed by atoms with van der Waals surface area (Å²) in [6.07, 6.45) is 4.52. The van der Waals surface area contributed by atoms with Crippen LogP contribution in [0.4, 0.5) is 0 Å². The van der Waals surface area contributed by atoms with Crippen molar-refractivity contribution in [2.24, 2.45) is 5.92 Å². The summed E-state index contributed by atoms with van der Waals surface area (Å²) < 4.78 is 18.8. The van der Waals surface area contributed by atoms with Gasteiger partial charge in [0.05, 0.1) is 0 Å². The Morgan fingerprint density at radius 2 is 2.09 bits per heavy atom. The fraction of sp³-hybridized carbons (Fsp3) is 1.00. The van der Waals surface area contributed by atoms with Gasteiger partial charge < -0.3 is 4.55 Å². The van der Waals surface area contributed by atoms with Crippen molar-refractivity contribution in [3.63, 3.8) is 0 Å². The van der Waals surface area contributed by atoms with Crippen molar-refractivity contribution in [3.8, 4) is 0 Å². The van der Waals surface area contributed by atoms with Gasteiger partial charge >= 0.3 is 0 Å². The van der Waals surface area contributed by atoms with Crippen molar-refractivity contribution in [1.29, 1.82) is 0 Å². The molecule has 11 heavy (non-hydrogen) atoms. The zero-order valence-corrected chi connectivity index (χ0v) is 8.19. The minimum atomic E-state index is -1.59. The summed E-state index contributed by atoms with van der Waals surface area (Å²) in [5, 5.41) is 0. The Labute approximate surface area is 71.7 Å². The van der Waals surface area contributed by atoms with E-state index in [0.29, 0.717) is 11.7 Å². The maximum atomic E-state index is 10.3. The summed E-state index contributed by atoms with van der Waals surface area (Å²) in [7, 11) is 0. The average Bonchev–Trinajstić information content (AvgIpc) is 1.97. The number of hydrogen-bond donors (Lipinski definition) is 1. The van der Waals surface area contributed by atoms with E-state index in [1.807, 2.05) is 0 Å². The summed E-state index contributed by atoms with van der Waals surface area (Å²) in [4.78, 5) is 0. The van der Waals surface area contributed by atoms with Gasteiger partial charge in [-0.2, -0.15) is 0 Å². The molecular formula is C8H18O2S. The van der Waals surface area contributed by atoms with Crippen LogP contribution in [0.1, 0.15) is 39.5 Å². The van der Waals surface area contributed by atoms with Gasteiger partial charge in [0.25, 0.3) is 0 Å². The quantitative estimate of drug-likeness (QED) is 0.634. The lowest BCUT2D eigenvalue weighted by Crippen LogP contribution is -2.02. The van der Waals surface area contributed by atoms with Crippen LogP contribution in [-0.2, 0) is 11.1 Å². The van der Waals surface area contributed by atoms with E-state index in [-0.39, 0.29) is 0 Å². The highest BCUT2D eigenvalue weighted by Gasteiger charge is 2.02. The Morgan fingerprint density at radius 1 is 1.45 bits per heavy atom. The third-order valence-electron chi connectivity index (χ3n) is 1.84. The maximum Gasteiger partial charge on any atom is 0.152 e. The Morgan fingerprint density at radius 3 is 2.55 bits per heavy atom. The number of rotatable bonds is 6. The molecule has 0 rings (SSSR count). The van der Waals surface area contributed by atoms with Gasteiger partial charge in [-0.1, -0.05) is 33.1 Å². The highest BCUT2D eigenvalue weighted by molar-refractivity contribution is 7.79. The van der Waals surface area contributed by atoms with Crippen LogP contribution in [0.25, 0.3) is 0 Å². The van der Waals surface area contributed by atoms with Crippen LogP contribution in [0.3, 0.4) is 0 Å². The van der Waals surface area contributed by atoms with Crippen LogP contribution in [0.2, 0.25) is 0 Å². The van der Waals surface area contributed by atoms with Crippen molar-refractivity contribution in [2.45, 2.75) is 39.5 Å². The second-order valence-corrected chi connectivity index (χ2v) is 4.11. The van der Waals surface area contributed by atoms with Gasteiger partial charge in [-0.25, -0.2) is 4.21 Å². The topological polar surface area (TPSA) is 37.3 Å². The lowest BCUT2D eigenvalue weighted by molar-refractivity contribution is 0.484. The molecule has 2 atom stereocenters. The van der Waals surface area contributed by atoms with E-state index in [2.05, 4.69) is 13.8 Å². The Hall–Kier alpha value is 0.110. The molecule has 0 fully saturated rings. The third kappa shape index (κ3) is 8.01. The molecule has 0 aromatic rings. The molecule has 1 N–H and O–H groups in total. The first-order valence-corrected chi connectivity index (χ1v) is 5.51. The summed E-state index contributed by atoms with van der Waals surface area (Å²) >= 11 is -1.59. The molecule has 0 amide bonds. The summed E-state index contributed by atoms with van der Waals surface area (Å²) in [6, 6.07) is 0. The highest BCUT2D eigenvalue weighted by atomic mass is 32.2. The van der Waals surface area contributed by atoms with E-state index in [1.165, 1.54) is 19.3 Å². The molecule has 0 aliphatic rings. The molecule has 68 valence electrons. The van der Waals surface area contributed by atoms with Crippen LogP contribution in [0.15, 0.2) is 0 Å². The highest BCUT2D eigenvalue weighted by Crippen LogP contribution is 2.11. The molecule has 0 saturated carbocycles. The normalized spacial score (nSPS) is 16.3. The SMILES string of the molecule is CCCCC(C)CCS(=O)O. The van der Waals surface area contributed by atoms with Gasteiger partial charge in [-0.15, -0.1) is 0 Å². The molecular weight excluding hydrogens is 160 g/mol. The van der Waals surface area contributed by atoms with Gasteiger partial charge in [0.1, 0.15) is 0 Å². The lowest BCUT2D eigenvalue weighted by atomic mass is 10.0. The fourth-order valence-electron chi connectivity index (χ4n) is 0.999. The smallest absolute Gasteiger partial charge is 0.152 e. The van der Waals surface area contributed by atoms with Crippen molar-refractivity contribution in [2.75, 3.05) is 5.75 Å². The first-order valence-electron chi connectivity index (χ1n) is 4.24. The van der Waals surface area contributed by atoms with Crippen molar-refractivity contribution in [1.82, 2.24) is 0 Å². The van der Waals surface area contributed by atoms with E-state index in [1.54, 1.807) is 0 Å². The third-order valence-corrected chi connectivity index (χ3v) is 2.42. The van der Waals surface area contributed by atoms with E-state index >= 15 is 0 Å². The molecule has 0 spiro atoms. The Bertz CT molecular complexity index is 115. The minimum Gasteiger partial charge on any atom is -0.306 e. The molecule has 0 saturated heterocycles. The molecule has 0 aromatic carbocycles. The van der Waals surface area contributed by atoms with Gasteiger partial charge in [0, 0.05) is 5.75 Å². The maximum absolute atomic E-state index is 10.3. The minimum absolute atomic E-state index is 0.435. The average molecular weight is 178 g/mol. The lowest BCUT2D eigenvalue weighted by Gasteiger charge is -2.07. The molecule has 0 radical (unpaired) electrons. The van der Waals surface area contributed by atoms with Gasteiger partial charge in [-0.3, -0.25) is 0 Å². The predicted molar refractivity (Wildman–Crippen MR) is 48.9 cm³/mol. The predicted octanol–water partition coefficient (Wildman–Crippen LogP) is 2.42. The molecule has 3 heteroatoms.